The minimum absolute atomic E-state index is 0. The topological polar surface area (TPSA) is 0 Å². The summed E-state index contributed by atoms with van der Waals surface area (Å²) in [5.41, 5.74) is 6.06. The molecular weight excluding hydrogens is 607 g/mol. The van der Waals surface area contributed by atoms with Crippen LogP contribution < -0.4 is 24.8 Å². The van der Waals surface area contributed by atoms with Gasteiger partial charge in [-0.1, -0.05) is 75.9 Å². The Bertz CT molecular complexity index is 1170. The summed E-state index contributed by atoms with van der Waals surface area (Å²) in [6.07, 6.45) is 18.3. The van der Waals surface area contributed by atoms with Crippen LogP contribution in [0.3, 0.4) is 0 Å². The number of allylic oxidation sites excluding steroid dienone is 4. The number of hydrogen-bond acceptors (Lipinski definition) is 0. The molecule has 1 aliphatic carbocycles. The summed E-state index contributed by atoms with van der Waals surface area (Å²) in [6, 6.07) is 11.9. The number of rotatable bonds is 6. The summed E-state index contributed by atoms with van der Waals surface area (Å²) in [4.78, 5) is 0. The monoisotopic (exact) mass is 656 g/mol. The maximum atomic E-state index is 2.99. The summed E-state index contributed by atoms with van der Waals surface area (Å²) in [5, 5.41) is 5.55. The molecule has 4 rings (SSSR count). The van der Waals surface area contributed by atoms with Crippen molar-refractivity contribution >= 4 is 24.8 Å². The first-order chi connectivity index (χ1) is 17.8. The van der Waals surface area contributed by atoms with E-state index in [0.717, 1.165) is 6.42 Å². The van der Waals surface area contributed by atoms with Gasteiger partial charge in [-0.3, -0.25) is 6.08 Å². The molecule has 0 nitrogen and oxygen atoms in total. The van der Waals surface area contributed by atoms with E-state index in [0.29, 0.717) is 0 Å². The Kier molecular flexibility index (Phi) is 17.5. The van der Waals surface area contributed by atoms with Gasteiger partial charge in [0.1, 0.15) is 0 Å². The zero-order chi connectivity index (χ0) is 28.5. The molecule has 0 spiro atoms. The van der Waals surface area contributed by atoms with Crippen LogP contribution in [0.5, 0.6) is 0 Å². The zero-order valence-electron chi connectivity index (χ0n) is 26.8. The molecule has 0 bridgehead atoms. The minimum atomic E-state index is 0. The van der Waals surface area contributed by atoms with E-state index in [9.17, 15) is 0 Å². The van der Waals surface area contributed by atoms with Crippen molar-refractivity contribution in [3.05, 3.63) is 76.9 Å². The first-order valence-electron chi connectivity index (χ1n) is 14.7. The van der Waals surface area contributed by atoms with Crippen molar-refractivity contribution in [1.82, 2.24) is 0 Å². The third kappa shape index (κ3) is 11.8. The van der Waals surface area contributed by atoms with Crippen LogP contribution in [0.1, 0.15) is 123 Å². The summed E-state index contributed by atoms with van der Waals surface area (Å²) in [7, 11) is 0. The van der Waals surface area contributed by atoms with Crippen molar-refractivity contribution < 1.29 is 49.0 Å². The summed E-state index contributed by atoms with van der Waals surface area (Å²) in [5.74, 6) is 0. The molecular formula is C37H52Cl2Zr-2. The van der Waals surface area contributed by atoms with Gasteiger partial charge in [0, 0.05) is 0 Å². The Morgan fingerprint density at radius 2 is 1.20 bits per heavy atom. The van der Waals surface area contributed by atoms with E-state index in [1.165, 1.54) is 82.3 Å². The van der Waals surface area contributed by atoms with Crippen molar-refractivity contribution in [2.75, 3.05) is 0 Å². The molecule has 0 radical (unpaired) electrons. The van der Waals surface area contributed by atoms with Gasteiger partial charge in [0.05, 0.1) is 0 Å². The first kappa shape index (κ1) is 39.1. The standard InChI is InChI=1S/C23H29.C9H18.C5H5.2ClH.Zr/c1-14-9-16-11-17-10-15(2)21(23(6,7)8)13-19(17)18(16)12-20(14)22(3,4)5;1-3-5-7-9-8-6-4-2;1-2-4-5-3-1;;;/h9-13H,1-8H3;3-8H2,1-2H3;1-3H,4H2;2*1H;/q-1;;-1;;;+2/p-2. The predicted octanol–water partition coefficient (Wildman–Crippen LogP) is 5.32. The van der Waals surface area contributed by atoms with E-state index in [4.69, 9.17) is 0 Å². The second-order valence-corrected chi connectivity index (χ2v) is 14.7. The summed E-state index contributed by atoms with van der Waals surface area (Å²) in [6.45, 7) is 22.8. The number of halogens is 2. The molecule has 0 heterocycles. The molecule has 40 heavy (non-hydrogen) atoms. The van der Waals surface area contributed by atoms with Crippen LogP contribution >= 0.6 is 0 Å². The molecule has 0 aromatic heterocycles. The molecule has 220 valence electrons. The van der Waals surface area contributed by atoms with E-state index in [1.54, 1.807) is 27.4 Å². The molecule has 0 saturated heterocycles. The van der Waals surface area contributed by atoms with Gasteiger partial charge in [0.2, 0.25) is 0 Å². The van der Waals surface area contributed by atoms with Gasteiger partial charge >= 0.3 is 79.8 Å². The van der Waals surface area contributed by atoms with Gasteiger partial charge in [0.15, 0.2) is 0 Å². The molecule has 0 amide bonds. The Morgan fingerprint density at radius 1 is 0.775 bits per heavy atom. The van der Waals surface area contributed by atoms with Crippen LogP contribution in [0, 0.1) is 19.9 Å². The number of fused-ring (bicyclic) bond motifs is 3. The third-order valence-electron chi connectivity index (χ3n) is 7.26. The van der Waals surface area contributed by atoms with Crippen LogP contribution in [0.4, 0.5) is 0 Å². The van der Waals surface area contributed by atoms with Crippen LogP contribution in [0.15, 0.2) is 48.6 Å². The van der Waals surface area contributed by atoms with E-state index in [1.807, 2.05) is 12.2 Å². The molecule has 0 unspecified atom stereocenters. The van der Waals surface area contributed by atoms with Crippen molar-refractivity contribution in [1.29, 1.82) is 0 Å². The fraction of sp³-hybridized carbons (Fsp3) is 0.514. The second-order valence-electron chi connectivity index (χ2n) is 13.0. The predicted molar refractivity (Wildman–Crippen MR) is 170 cm³/mol. The van der Waals surface area contributed by atoms with Crippen LogP contribution in [-0.4, -0.2) is 3.21 Å². The molecule has 1 aliphatic rings. The average Bonchev–Trinajstić information content (AvgIpc) is 3.50. The zero-order valence-corrected chi connectivity index (χ0v) is 30.8. The maximum absolute atomic E-state index is 2.99. The summed E-state index contributed by atoms with van der Waals surface area (Å²) >= 11 is 1.67. The molecule has 3 heteroatoms. The molecule has 3 aromatic rings. The Hall–Kier alpha value is -0.877. The SMILES string of the molecule is CCCC[C](=[Zr+2])CCCC.Cc1cc2[cH-]c3cc(C)c(C(C)(C)C)cc3c2cc1C(C)(C)C.[C-]1=CC=CC1.[Cl-].[Cl-]. The Labute approximate surface area is 274 Å². The number of unbranched alkanes of at least 4 members (excludes halogenated alkanes) is 2. The number of hydrogen-bond donors (Lipinski definition) is 0. The van der Waals surface area contributed by atoms with Gasteiger partial charge in [-0.2, -0.15) is 6.08 Å². The fourth-order valence-corrected chi connectivity index (χ4v) is 6.06. The molecule has 0 fully saturated rings. The third-order valence-corrected chi connectivity index (χ3v) is 8.49. The van der Waals surface area contributed by atoms with Gasteiger partial charge in [-0.05, 0) is 24.7 Å². The van der Waals surface area contributed by atoms with Gasteiger partial charge < -0.3 is 24.8 Å². The van der Waals surface area contributed by atoms with Gasteiger partial charge in [-0.25, -0.2) is 12.2 Å². The van der Waals surface area contributed by atoms with E-state index < -0.39 is 0 Å². The van der Waals surface area contributed by atoms with Gasteiger partial charge in [0.25, 0.3) is 0 Å². The van der Waals surface area contributed by atoms with Crippen molar-refractivity contribution in [3.63, 3.8) is 0 Å². The van der Waals surface area contributed by atoms with E-state index in [2.05, 4.69) is 112 Å². The Morgan fingerprint density at radius 3 is 1.48 bits per heavy atom. The molecule has 0 atom stereocenters. The van der Waals surface area contributed by atoms with Gasteiger partial charge in [-0.15, -0.1) is 46.2 Å². The molecule has 0 aliphatic heterocycles. The largest absolute Gasteiger partial charge is 1.00 e. The average molecular weight is 659 g/mol. The maximum Gasteiger partial charge on any atom is -0.0142 e. The first-order valence-corrected chi connectivity index (χ1v) is 16.0. The minimum Gasteiger partial charge on any atom is -1.00 e. The molecule has 3 aromatic carbocycles. The smallest absolute Gasteiger partial charge is 0.0142 e. The van der Waals surface area contributed by atoms with E-state index in [-0.39, 0.29) is 35.6 Å². The number of benzene rings is 2. The van der Waals surface area contributed by atoms with Crippen LogP contribution in [0.2, 0.25) is 0 Å². The normalized spacial score (nSPS) is 12.3. The molecule has 0 saturated carbocycles. The molecule has 0 N–H and O–H groups in total. The van der Waals surface area contributed by atoms with Crippen molar-refractivity contribution in [2.24, 2.45) is 0 Å². The van der Waals surface area contributed by atoms with Crippen LogP contribution in [-0.2, 0) is 35.1 Å². The van der Waals surface area contributed by atoms with Crippen molar-refractivity contribution in [3.8, 4) is 0 Å². The van der Waals surface area contributed by atoms with Crippen molar-refractivity contribution in [2.45, 2.75) is 125 Å². The quantitative estimate of drug-likeness (QED) is 0.315. The van der Waals surface area contributed by atoms with Crippen LogP contribution in [0.25, 0.3) is 21.5 Å². The van der Waals surface area contributed by atoms with E-state index >= 15 is 0 Å². The second kappa shape index (κ2) is 17.9. The Balaban J connectivity index is 0.000000746. The summed E-state index contributed by atoms with van der Waals surface area (Å²) < 4.78 is 1.79. The number of aryl methyl sites for hydroxylation is 2. The fourth-order valence-electron chi connectivity index (χ4n) is 5.19.